The van der Waals surface area contributed by atoms with Crippen LogP contribution in [0.5, 0.6) is 0 Å². The molecule has 2 spiro atoms. The van der Waals surface area contributed by atoms with Gasteiger partial charge < -0.3 is 23.3 Å². The Bertz CT molecular complexity index is 7210. The number of aromatic nitrogens is 5. The van der Waals surface area contributed by atoms with Crippen molar-refractivity contribution in [2.24, 2.45) is 0 Å². The molecule has 0 radical (unpaired) electrons. The number of aromatic amines is 1. The van der Waals surface area contributed by atoms with Crippen molar-refractivity contribution in [1.82, 2.24) is 23.3 Å². The van der Waals surface area contributed by atoms with Crippen molar-refractivity contribution in [2.45, 2.75) is 18.3 Å². The zero-order valence-electron chi connectivity index (χ0n) is 63.8. The van der Waals surface area contributed by atoms with Gasteiger partial charge in [0.2, 0.25) is 0 Å². The molecule has 5 nitrogen and oxygen atoms in total. The van der Waals surface area contributed by atoms with E-state index >= 15 is 0 Å². The van der Waals surface area contributed by atoms with Gasteiger partial charge in [-0.3, -0.25) is 0 Å². The normalized spacial score (nSPS) is 13.2. The second kappa shape index (κ2) is 27.0. The maximum absolute atomic E-state index is 3.74. The minimum absolute atomic E-state index is 0. The van der Waals surface area contributed by atoms with Crippen molar-refractivity contribution >= 4 is 173 Å². The van der Waals surface area contributed by atoms with Gasteiger partial charge in [0, 0.05) is 106 Å². The molecule has 0 fully saturated rings. The van der Waals surface area contributed by atoms with Gasteiger partial charge in [-0.05, 0) is 247 Å². The Labute approximate surface area is 725 Å². The first kappa shape index (κ1) is 71.0. The molecule has 0 atom stereocenters. The Morgan fingerprint density at radius 1 is 0.175 bits per heavy atom. The third-order valence-corrected chi connectivity index (χ3v) is 28.1. The van der Waals surface area contributed by atoms with Crippen molar-refractivity contribution in [1.29, 1.82) is 0 Å². The number of H-pyrrole nitrogens is 1. The molecule has 27 rings (SSSR count). The van der Waals surface area contributed by atoms with Crippen LogP contribution in [0.4, 0.5) is 0 Å². The molecule has 0 bridgehead atoms. The summed E-state index contributed by atoms with van der Waals surface area (Å²) in [6, 6.07) is 144. The van der Waals surface area contributed by atoms with E-state index in [4.69, 9.17) is 0 Å². The minimum Gasteiger partial charge on any atom is -0.355 e. The van der Waals surface area contributed by atoms with E-state index in [0.29, 0.717) is 0 Å². The molecule has 566 valence electrons. The number of hydrogen-bond donors (Lipinski definition) is 1. The third-order valence-electron chi connectivity index (χ3n) is 26.1. The molecule has 5 heterocycles. The molecule has 0 saturated heterocycles. The van der Waals surface area contributed by atoms with Crippen molar-refractivity contribution in [3.05, 3.63) is 451 Å². The van der Waals surface area contributed by atoms with Gasteiger partial charge in [-0.1, -0.05) is 302 Å². The summed E-state index contributed by atoms with van der Waals surface area (Å²) in [6.45, 7) is 0. The summed E-state index contributed by atoms with van der Waals surface area (Å²) in [6.07, 6.45) is 0. The molecule has 23 aromatic rings. The van der Waals surface area contributed by atoms with Gasteiger partial charge in [-0.15, -0.1) is 0 Å². The number of hydrogen-bond acceptors (Lipinski definition) is 0. The number of nitrogens with zero attached hydrogens (tertiary/aromatic N) is 4. The quantitative estimate of drug-likeness (QED) is 0.182. The van der Waals surface area contributed by atoms with Gasteiger partial charge in [-0.2, -0.15) is 0 Å². The van der Waals surface area contributed by atoms with Crippen molar-refractivity contribution < 1.29 is 0 Å². The lowest BCUT2D eigenvalue weighted by Crippen LogP contribution is -2.27. The van der Waals surface area contributed by atoms with Crippen LogP contribution < -0.4 is 0 Å². The number of benzene rings is 18. The lowest BCUT2D eigenvalue weighted by Gasteiger charge is -2.32. The van der Waals surface area contributed by atoms with Crippen molar-refractivity contribution in [3.8, 4) is 67.3 Å². The molecule has 4 aliphatic carbocycles. The zero-order chi connectivity index (χ0) is 78.7. The van der Waals surface area contributed by atoms with E-state index in [1.807, 2.05) is 0 Å². The van der Waals surface area contributed by atoms with Gasteiger partial charge in [0.1, 0.15) is 0 Å². The van der Waals surface area contributed by atoms with Gasteiger partial charge >= 0.3 is 0 Å². The third kappa shape index (κ3) is 9.97. The number of nitrogens with one attached hydrogen (secondary N) is 1. The van der Waals surface area contributed by atoms with E-state index in [-0.39, 0.29) is 12.8 Å². The molecule has 1 N–H and O–H groups in total. The highest BCUT2D eigenvalue weighted by atomic mass is 79.9. The first-order valence-electron chi connectivity index (χ1n) is 40.4. The summed E-state index contributed by atoms with van der Waals surface area (Å²) in [5.41, 5.74) is 36.1. The average Bonchev–Trinajstić information content (AvgIpc) is 1.50. The van der Waals surface area contributed by atoms with Crippen LogP contribution in [0.2, 0.25) is 0 Å². The first-order valence-corrected chi connectivity index (χ1v) is 43.5. The molecule has 5 aromatic heterocycles. The summed E-state index contributed by atoms with van der Waals surface area (Å²) in [5.74, 6) is 0. The van der Waals surface area contributed by atoms with E-state index in [9.17, 15) is 0 Å². The Kier molecular flexibility index (Phi) is 16.0. The van der Waals surface area contributed by atoms with Crippen LogP contribution in [0, 0.1) is 0 Å². The highest BCUT2D eigenvalue weighted by Gasteiger charge is 2.54. The Balaban J connectivity index is 0.000000154. The summed E-state index contributed by atoms with van der Waals surface area (Å²) in [4.78, 5) is 3.38. The van der Waals surface area contributed by atoms with E-state index in [2.05, 4.69) is 475 Å². The van der Waals surface area contributed by atoms with Crippen LogP contribution in [-0.2, 0) is 10.8 Å². The van der Waals surface area contributed by atoms with E-state index in [1.165, 1.54) is 198 Å². The van der Waals surface area contributed by atoms with Gasteiger partial charge in [0.15, 0.2) is 0 Å². The van der Waals surface area contributed by atoms with Crippen molar-refractivity contribution in [3.63, 3.8) is 0 Å². The van der Waals surface area contributed by atoms with Crippen molar-refractivity contribution in [2.75, 3.05) is 0 Å². The average molecular weight is 1790 g/mol. The largest absolute Gasteiger partial charge is 0.355 e. The standard InChI is InChI=1S/C73H44N4.C25H12Br4.C12H9N.CH4/c1-9-25-65-53(17-1)54-18-2-10-26-66(54)74(65)45-33-37-49-50-38-34-46(75-67-27-11-3-19-55(67)56-20-4-12-28-68(56)75)42-62(50)73(61(49)41-45)63-43-47(76-69-29-13-5-21-57(69)58-22-6-14-30-70(58)76)35-39-51(63)52-40-36-48(44-64(52)73)77-71-31-15-7-23-59(71)60-24-8-16-32-72(60)77;26-13-1-5-17-18-6-2-14(27)10-22(18)25(21(17)9-13)23-11-15(28)3-7-19(23)20-8-4-16(29)12-24(20)25;1-3-7-11-9(5-1)10-6-2-4-8-12(10)13-11;/h1-44H;1-12H;1-8,13H;1H4. The minimum atomic E-state index is -0.761. The molecule has 120 heavy (non-hydrogen) atoms. The van der Waals surface area contributed by atoms with E-state index in [0.717, 1.165) is 40.6 Å². The lowest BCUT2D eigenvalue weighted by molar-refractivity contribution is 0.789. The molecule has 0 saturated carbocycles. The first-order chi connectivity index (χ1) is 58.7. The molecule has 9 heteroatoms. The zero-order valence-corrected chi connectivity index (χ0v) is 70.1. The number of fused-ring (bicyclic) bond motifs is 35. The summed E-state index contributed by atoms with van der Waals surface area (Å²) in [7, 11) is 0. The molecule has 0 amide bonds. The molecule has 18 aromatic carbocycles. The molecular formula is C111H69Br4N5. The van der Waals surface area contributed by atoms with Crippen LogP contribution in [0.25, 0.3) is 176 Å². The Hall–Kier alpha value is -13.1. The molecule has 0 unspecified atom stereocenters. The van der Waals surface area contributed by atoms with Gasteiger partial charge in [0.05, 0.1) is 55.0 Å². The van der Waals surface area contributed by atoms with Crippen LogP contribution >= 0.6 is 63.7 Å². The highest BCUT2D eigenvalue weighted by Crippen LogP contribution is 2.66. The Morgan fingerprint density at radius 3 is 0.550 bits per heavy atom. The second-order valence-corrected chi connectivity index (χ2v) is 35.5. The summed E-state index contributed by atoms with van der Waals surface area (Å²) in [5, 5.41) is 12.6. The monoisotopic (exact) mass is 1790 g/mol. The predicted octanol–water partition coefficient (Wildman–Crippen LogP) is 31.5. The van der Waals surface area contributed by atoms with Gasteiger partial charge in [-0.25, -0.2) is 0 Å². The maximum atomic E-state index is 3.74. The molecule has 4 aliphatic rings. The van der Waals surface area contributed by atoms with Crippen LogP contribution in [-0.4, -0.2) is 23.3 Å². The molecular weight excluding hydrogens is 1720 g/mol. The van der Waals surface area contributed by atoms with E-state index in [1.54, 1.807) is 0 Å². The number of para-hydroxylation sites is 10. The van der Waals surface area contributed by atoms with Crippen LogP contribution in [0.3, 0.4) is 0 Å². The maximum Gasteiger partial charge on any atom is 0.0728 e. The predicted molar refractivity (Wildman–Crippen MR) is 516 cm³/mol. The number of rotatable bonds is 4. The fourth-order valence-electron chi connectivity index (χ4n) is 21.5. The summed E-state index contributed by atoms with van der Waals surface area (Å²) < 4.78 is 14.4. The number of halogens is 4. The second-order valence-electron chi connectivity index (χ2n) is 31.9. The molecule has 0 aliphatic heterocycles. The fourth-order valence-corrected chi connectivity index (χ4v) is 22.9. The Morgan fingerprint density at radius 2 is 0.342 bits per heavy atom. The fraction of sp³-hybridized carbons (Fsp3) is 0.0270. The lowest BCUT2D eigenvalue weighted by atomic mass is 9.70. The van der Waals surface area contributed by atoms with E-state index < -0.39 is 5.41 Å². The van der Waals surface area contributed by atoms with Gasteiger partial charge in [0.25, 0.3) is 0 Å². The topological polar surface area (TPSA) is 35.5 Å². The SMILES string of the molecule is Brc1ccc2c(c1)C1(c3cc(Br)ccc3-2)c2cc(Br)ccc2-c2ccc(Br)cc21.C.c1ccc2c(c1)[nH]c1ccccc12.c1ccc2c(c1)c1ccccc1n2-c1ccc2c(c1)C1(c3cc(-n4c5ccccc5c5ccccc54)ccc3-2)c2cc(-n3c4ccccc4c4ccccc43)ccc2-c2ccc(-n3c4ccccc4c4ccccc43)cc21. The smallest absolute Gasteiger partial charge is 0.0728 e. The summed E-state index contributed by atoms with van der Waals surface area (Å²) >= 11 is 14.9. The van der Waals surface area contributed by atoms with Crippen LogP contribution in [0.1, 0.15) is 51.9 Å². The highest BCUT2D eigenvalue weighted by molar-refractivity contribution is 9.11. The van der Waals surface area contributed by atoms with Crippen LogP contribution in [0.15, 0.2) is 406 Å².